The van der Waals surface area contributed by atoms with Crippen molar-refractivity contribution in [3.8, 4) is 5.75 Å². The molecule has 0 heterocycles. The Morgan fingerprint density at radius 3 is 2.72 bits per heavy atom. The molecule has 0 saturated carbocycles. The quantitative estimate of drug-likeness (QED) is 0.783. The van der Waals surface area contributed by atoms with Crippen molar-refractivity contribution < 1.29 is 24.2 Å². The molecule has 0 aromatic heterocycles. The van der Waals surface area contributed by atoms with Gasteiger partial charge in [-0.05, 0) is 12.1 Å². The highest BCUT2D eigenvalue weighted by Crippen LogP contribution is 2.21. The number of hydrogen-bond donors (Lipinski definition) is 2. The predicted molar refractivity (Wildman–Crippen MR) is 65.1 cm³/mol. The summed E-state index contributed by atoms with van der Waals surface area (Å²) < 4.78 is 9.65. The second-order valence-electron chi connectivity index (χ2n) is 3.27. The predicted octanol–water partition coefficient (Wildman–Crippen LogP) is 2.13. The van der Waals surface area contributed by atoms with E-state index in [1.807, 2.05) is 0 Å². The fourth-order valence-electron chi connectivity index (χ4n) is 1.20. The van der Waals surface area contributed by atoms with Gasteiger partial charge in [0.15, 0.2) is 0 Å². The average molecular weight is 251 g/mol. The first-order valence-electron chi connectivity index (χ1n) is 5.04. The van der Waals surface area contributed by atoms with E-state index in [-0.39, 0.29) is 17.9 Å². The van der Waals surface area contributed by atoms with Crippen molar-refractivity contribution in [3.05, 3.63) is 36.4 Å². The highest BCUT2D eigenvalue weighted by atomic mass is 16.5. The van der Waals surface area contributed by atoms with Crippen LogP contribution in [0.25, 0.3) is 0 Å². The summed E-state index contributed by atoms with van der Waals surface area (Å²) >= 11 is 0. The van der Waals surface area contributed by atoms with Crippen molar-refractivity contribution in [3.63, 3.8) is 0 Å². The number of benzene rings is 1. The average Bonchev–Trinajstić information content (AvgIpc) is 2.35. The van der Waals surface area contributed by atoms with E-state index in [9.17, 15) is 9.59 Å². The molecule has 0 saturated heterocycles. The van der Waals surface area contributed by atoms with Crippen molar-refractivity contribution in [2.24, 2.45) is 0 Å². The van der Waals surface area contributed by atoms with Crippen LogP contribution in [0, 0.1) is 0 Å². The Labute approximate surface area is 104 Å². The maximum atomic E-state index is 11.3. The zero-order chi connectivity index (χ0) is 13.5. The minimum Gasteiger partial charge on any atom is -0.497 e. The Bertz CT molecular complexity index is 470. The van der Waals surface area contributed by atoms with E-state index < -0.39 is 12.1 Å². The maximum Gasteiger partial charge on any atom is 0.411 e. The number of methoxy groups -OCH3 is 1. The molecule has 1 rings (SSSR count). The number of nitrogens with one attached hydrogen (secondary N) is 1. The van der Waals surface area contributed by atoms with E-state index in [1.54, 1.807) is 0 Å². The van der Waals surface area contributed by atoms with Crippen molar-refractivity contribution >= 4 is 17.7 Å². The van der Waals surface area contributed by atoms with Crippen LogP contribution in [-0.2, 0) is 4.74 Å². The van der Waals surface area contributed by atoms with Crippen LogP contribution < -0.4 is 10.1 Å². The number of aromatic carboxylic acids is 1. The topological polar surface area (TPSA) is 84.9 Å². The van der Waals surface area contributed by atoms with Crippen LogP contribution in [-0.4, -0.2) is 30.9 Å². The molecule has 18 heavy (non-hydrogen) atoms. The monoisotopic (exact) mass is 251 g/mol. The molecule has 1 aromatic rings. The molecule has 96 valence electrons. The Morgan fingerprint density at radius 1 is 1.44 bits per heavy atom. The minimum atomic E-state index is -1.11. The van der Waals surface area contributed by atoms with Crippen LogP contribution in [0.1, 0.15) is 10.4 Å². The Balaban J connectivity index is 2.87. The lowest BCUT2D eigenvalue weighted by Crippen LogP contribution is -2.14. The number of carbonyl (C=O) groups excluding carboxylic acids is 1. The first kappa shape index (κ1) is 13.6. The number of rotatable bonds is 5. The standard InChI is InChI=1S/C12H13NO5/c1-3-4-18-12(16)13-9-5-8(11(14)15)6-10(7-9)17-2/h3,5-7H,1,4H2,2H3,(H,13,16)(H,14,15). The van der Waals surface area contributed by atoms with Gasteiger partial charge in [0, 0.05) is 11.8 Å². The molecule has 0 unspecified atom stereocenters. The molecule has 0 atom stereocenters. The molecule has 6 nitrogen and oxygen atoms in total. The number of carboxylic acids is 1. The summed E-state index contributed by atoms with van der Waals surface area (Å²) in [6.45, 7) is 3.47. The summed E-state index contributed by atoms with van der Waals surface area (Å²) in [4.78, 5) is 22.1. The number of hydrogen-bond acceptors (Lipinski definition) is 4. The minimum absolute atomic E-state index is 0.00775. The summed E-state index contributed by atoms with van der Waals surface area (Å²) in [5.41, 5.74) is 0.286. The van der Waals surface area contributed by atoms with Crippen molar-refractivity contribution in [2.75, 3.05) is 19.0 Å². The van der Waals surface area contributed by atoms with Gasteiger partial charge in [-0.25, -0.2) is 9.59 Å². The largest absolute Gasteiger partial charge is 0.497 e. The van der Waals surface area contributed by atoms with Gasteiger partial charge >= 0.3 is 12.1 Å². The Morgan fingerprint density at radius 2 is 2.17 bits per heavy atom. The molecular weight excluding hydrogens is 238 g/mol. The van der Waals surface area contributed by atoms with Gasteiger partial charge in [-0.1, -0.05) is 12.7 Å². The van der Waals surface area contributed by atoms with Gasteiger partial charge in [0.25, 0.3) is 0 Å². The lowest BCUT2D eigenvalue weighted by Gasteiger charge is -2.08. The van der Waals surface area contributed by atoms with Gasteiger partial charge in [-0.15, -0.1) is 0 Å². The van der Waals surface area contributed by atoms with Crippen LogP contribution in [0.4, 0.5) is 10.5 Å². The fourth-order valence-corrected chi connectivity index (χ4v) is 1.20. The molecule has 1 amide bonds. The van der Waals surface area contributed by atoms with E-state index in [2.05, 4.69) is 11.9 Å². The van der Waals surface area contributed by atoms with Crippen LogP contribution >= 0.6 is 0 Å². The van der Waals surface area contributed by atoms with E-state index >= 15 is 0 Å². The Hall–Kier alpha value is -2.50. The number of ether oxygens (including phenoxy) is 2. The summed E-state index contributed by atoms with van der Waals surface area (Å²) in [7, 11) is 1.40. The number of anilines is 1. The SMILES string of the molecule is C=CCOC(=O)Nc1cc(OC)cc(C(=O)O)c1. The molecular formula is C12H13NO5. The molecule has 0 radical (unpaired) electrons. The van der Waals surface area contributed by atoms with Gasteiger partial charge < -0.3 is 14.6 Å². The van der Waals surface area contributed by atoms with Gasteiger partial charge in [-0.3, -0.25) is 5.32 Å². The smallest absolute Gasteiger partial charge is 0.411 e. The highest BCUT2D eigenvalue weighted by Gasteiger charge is 2.09. The van der Waals surface area contributed by atoms with Crippen molar-refractivity contribution in [1.82, 2.24) is 0 Å². The normalized spacial score (nSPS) is 9.39. The van der Waals surface area contributed by atoms with Crippen LogP contribution in [0.3, 0.4) is 0 Å². The maximum absolute atomic E-state index is 11.3. The number of carbonyl (C=O) groups is 2. The molecule has 0 bridgehead atoms. The summed E-state index contributed by atoms with van der Waals surface area (Å²) in [6.07, 6.45) is 0.730. The van der Waals surface area contributed by atoms with E-state index in [0.717, 1.165) is 0 Å². The van der Waals surface area contributed by atoms with E-state index in [4.69, 9.17) is 14.6 Å². The zero-order valence-electron chi connectivity index (χ0n) is 9.80. The summed E-state index contributed by atoms with van der Waals surface area (Å²) in [6, 6.07) is 4.14. The zero-order valence-corrected chi connectivity index (χ0v) is 9.80. The first-order valence-corrected chi connectivity index (χ1v) is 5.04. The second-order valence-corrected chi connectivity index (χ2v) is 3.27. The number of carboxylic acid groups (broad SMARTS) is 1. The molecule has 2 N–H and O–H groups in total. The summed E-state index contributed by atoms with van der Waals surface area (Å²) in [5.74, 6) is -0.787. The van der Waals surface area contributed by atoms with Gasteiger partial charge in [-0.2, -0.15) is 0 Å². The third kappa shape index (κ3) is 3.82. The van der Waals surface area contributed by atoms with Crippen LogP contribution in [0.5, 0.6) is 5.75 Å². The molecule has 6 heteroatoms. The summed E-state index contributed by atoms with van der Waals surface area (Å²) in [5, 5.41) is 11.3. The molecule has 0 aliphatic rings. The molecule has 0 spiro atoms. The third-order valence-electron chi connectivity index (χ3n) is 1.97. The highest BCUT2D eigenvalue weighted by molar-refractivity contribution is 5.92. The molecule has 0 aliphatic heterocycles. The Kier molecular flexibility index (Phi) is 4.74. The molecule has 0 aliphatic carbocycles. The fraction of sp³-hybridized carbons (Fsp3) is 0.167. The van der Waals surface area contributed by atoms with Crippen molar-refractivity contribution in [2.45, 2.75) is 0 Å². The third-order valence-corrected chi connectivity index (χ3v) is 1.97. The second kappa shape index (κ2) is 6.29. The van der Waals surface area contributed by atoms with Crippen LogP contribution in [0.15, 0.2) is 30.9 Å². The molecule has 1 aromatic carbocycles. The van der Waals surface area contributed by atoms with E-state index in [0.29, 0.717) is 5.75 Å². The van der Waals surface area contributed by atoms with E-state index in [1.165, 1.54) is 31.4 Å². The number of amides is 1. The van der Waals surface area contributed by atoms with Crippen molar-refractivity contribution in [1.29, 1.82) is 0 Å². The van der Waals surface area contributed by atoms with Gasteiger partial charge in [0.2, 0.25) is 0 Å². The van der Waals surface area contributed by atoms with Crippen LogP contribution in [0.2, 0.25) is 0 Å². The van der Waals surface area contributed by atoms with Gasteiger partial charge in [0.05, 0.1) is 12.7 Å². The lowest BCUT2D eigenvalue weighted by atomic mass is 10.2. The molecule has 0 fully saturated rings. The first-order chi connectivity index (χ1) is 8.56. The van der Waals surface area contributed by atoms with Gasteiger partial charge in [0.1, 0.15) is 12.4 Å². The lowest BCUT2D eigenvalue weighted by molar-refractivity contribution is 0.0696.